The molecule has 0 spiro atoms. The fraction of sp³-hybridized carbons (Fsp3) is 0.727. The highest BCUT2D eigenvalue weighted by atomic mass is 14.2. The minimum atomic E-state index is 1.27. The Balaban J connectivity index is 2.04. The van der Waals surface area contributed by atoms with Gasteiger partial charge in [-0.05, 0) is 38.5 Å². The van der Waals surface area contributed by atoms with Crippen LogP contribution in [0.2, 0.25) is 0 Å². The molecule has 63 valence electrons. The van der Waals surface area contributed by atoms with Gasteiger partial charge < -0.3 is 0 Å². The number of allylic oxidation sites excluding steroid dienone is 2. The molecule has 0 aromatic rings. The van der Waals surface area contributed by atoms with Gasteiger partial charge in [-0.2, -0.15) is 0 Å². The third-order valence-electron chi connectivity index (χ3n) is 2.46. The predicted molar refractivity (Wildman–Crippen MR) is 50.4 cm³/mol. The van der Waals surface area contributed by atoms with Crippen molar-refractivity contribution in [1.29, 1.82) is 0 Å². The smallest absolute Gasteiger partial charge is 0.0238 e. The van der Waals surface area contributed by atoms with Gasteiger partial charge >= 0.3 is 0 Å². The zero-order chi connectivity index (χ0) is 7.94. The van der Waals surface area contributed by atoms with Gasteiger partial charge in [-0.1, -0.05) is 31.4 Å². The highest BCUT2D eigenvalue weighted by Gasteiger charge is 2.12. The summed E-state index contributed by atoms with van der Waals surface area (Å²) < 4.78 is 0. The maximum Gasteiger partial charge on any atom is -0.0238 e. The summed E-state index contributed by atoms with van der Waals surface area (Å²) in [5, 5.41) is 0. The largest absolute Gasteiger partial charge is 0.0917 e. The molecule has 1 saturated carbocycles. The summed E-state index contributed by atoms with van der Waals surface area (Å²) in [6.07, 6.45) is 14.2. The van der Waals surface area contributed by atoms with Gasteiger partial charge in [0.2, 0.25) is 0 Å². The molecule has 0 heterocycles. The van der Waals surface area contributed by atoms with Gasteiger partial charge in [0.1, 0.15) is 0 Å². The average Bonchev–Trinajstić information content (AvgIpc) is 2.07. The molecule has 1 aliphatic carbocycles. The van der Waals surface area contributed by atoms with Crippen LogP contribution >= 0.6 is 0 Å². The van der Waals surface area contributed by atoms with Crippen LogP contribution in [0.25, 0.3) is 0 Å². The van der Waals surface area contributed by atoms with Crippen molar-refractivity contribution in [3.8, 4) is 0 Å². The Bertz CT molecular complexity index is 107. The lowest BCUT2D eigenvalue weighted by Crippen LogP contribution is -2.02. The molecular weight excluding hydrogens is 132 g/mol. The summed E-state index contributed by atoms with van der Waals surface area (Å²) in [5.74, 6) is 1.81. The van der Waals surface area contributed by atoms with Crippen LogP contribution in [-0.2, 0) is 0 Å². The van der Waals surface area contributed by atoms with E-state index in [9.17, 15) is 0 Å². The van der Waals surface area contributed by atoms with Gasteiger partial charge in [-0.15, -0.1) is 0 Å². The van der Waals surface area contributed by atoms with Gasteiger partial charge in [0.15, 0.2) is 0 Å². The van der Waals surface area contributed by atoms with Gasteiger partial charge in [-0.25, -0.2) is 0 Å². The molecule has 0 N–H and O–H groups in total. The van der Waals surface area contributed by atoms with Crippen molar-refractivity contribution in [1.82, 2.24) is 0 Å². The molecule has 1 aliphatic rings. The highest BCUT2D eigenvalue weighted by molar-refractivity contribution is 4.94. The van der Waals surface area contributed by atoms with Crippen LogP contribution in [-0.4, -0.2) is 0 Å². The molecule has 0 atom stereocenters. The van der Waals surface area contributed by atoms with E-state index < -0.39 is 0 Å². The number of hydrogen-bond acceptors (Lipinski definition) is 0. The Morgan fingerprint density at radius 1 is 1.18 bits per heavy atom. The molecule has 0 saturated heterocycles. The molecule has 0 unspecified atom stereocenters. The normalized spacial score (nSPS) is 21.2. The fourth-order valence-electron chi connectivity index (χ4n) is 1.76. The molecule has 11 heavy (non-hydrogen) atoms. The van der Waals surface area contributed by atoms with Crippen LogP contribution < -0.4 is 0 Å². The molecular formula is C11H19. The monoisotopic (exact) mass is 151 g/mol. The zero-order valence-corrected chi connectivity index (χ0v) is 7.60. The minimum absolute atomic E-state index is 1.27. The molecule has 0 bridgehead atoms. The SMILES string of the molecule is C/C=C/CC[C]1CCCCC1. The maximum atomic E-state index is 2.28. The Kier molecular flexibility index (Phi) is 4.33. The van der Waals surface area contributed by atoms with Gasteiger partial charge in [-0.3, -0.25) is 0 Å². The predicted octanol–water partition coefficient (Wildman–Crippen LogP) is 3.88. The summed E-state index contributed by atoms with van der Waals surface area (Å²) in [4.78, 5) is 0. The summed E-state index contributed by atoms with van der Waals surface area (Å²) in [6, 6.07) is 0. The Hall–Kier alpha value is -0.260. The van der Waals surface area contributed by atoms with E-state index in [1.165, 1.54) is 44.9 Å². The van der Waals surface area contributed by atoms with Crippen molar-refractivity contribution < 1.29 is 0 Å². The molecule has 0 aromatic carbocycles. The molecule has 0 aliphatic heterocycles. The van der Waals surface area contributed by atoms with Crippen molar-refractivity contribution >= 4 is 0 Å². The zero-order valence-electron chi connectivity index (χ0n) is 7.60. The van der Waals surface area contributed by atoms with Gasteiger partial charge in [0.05, 0.1) is 0 Å². The first-order valence-electron chi connectivity index (χ1n) is 4.88. The average molecular weight is 151 g/mol. The number of rotatable bonds is 3. The number of hydrogen-bond donors (Lipinski definition) is 0. The summed E-state index contributed by atoms with van der Waals surface area (Å²) >= 11 is 0. The third-order valence-corrected chi connectivity index (χ3v) is 2.46. The van der Waals surface area contributed by atoms with E-state index in [1.807, 2.05) is 5.92 Å². The summed E-state index contributed by atoms with van der Waals surface area (Å²) in [6.45, 7) is 2.10. The van der Waals surface area contributed by atoms with E-state index in [-0.39, 0.29) is 0 Å². The van der Waals surface area contributed by atoms with E-state index in [2.05, 4.69) is 19.1 Å². The first-order chi connectivity index (χ1) is 5.43. The second-order valence-corrected chi connectivity index (χ2v) is 3.42. The van der Waals surface area contributed by atoms with Crippen LogP contribution in [0.4, 0.5) is 0 Å². The van der Waals surface area contributed by atoms with E-state index in [0.29, 0.717) is 0 Å². The molecule has 1 rings (SSSR count). The first kappa shape index (κ1) is 8.83. The van der Waals surface area contributed by atoms with Crippen molar-refractivity contribution in [2.75, 3.05) is 0 Å². The minimum Gasteiger partial charge on any atom is -0.0917 e. The van der Waals surface area contributed by atoms with E-state index in [0.717, 1.165) is 0 Å². The van der Waals surface area contributed by atoms with Crippen LogP contribution in [0.3, 0.4) is 0 Å². The Morgan fingerprint density at radius 3 is 2.55 bits per heavy atom. The molecule has 0 nitrogen and oxygen atoms in total. The second kappa shape index (κ2) is 5.40. The lowest BCUT2D eigenvalue weighted by molar-refractivity contribution is 0.507. The van der Waals surface area contributed by atoms with Gasteiger partial charge in [0.25, 0.3) is 0 Å². The van der Waals surface area contributed by atoms with Crippen molar-refractivity contribution in [3.63, 3.8) is 0 Å². The van der Waals surface area contributed by atoms with Crippen LogP contribution in [0.15, 0.2) is 12.2 Å². The molecule has 0 amide bonds. The van der Waals surface area contributed by atoms with Gasteiger partial charge in [0, 0.05) is 0 Å². The Morgan fingerprint density at radius 2 is 1.91 bits per heavy atom. The second-order valence-electron chi connectivity index (χ2n) is 3.42. The molecule has 1 radical (unpaired) electrons. The van der Waals surface area contributed by atoms with E-state index in [4.69, 9.17) is 0 Å². The lowest BCUT2D eigenvalue weighted by atomic mass is 9.86. The van der Waals surface area contributed by atoms with Crippen molar-refractivity contribution in [3.05, 3.63) is 18.1 Å². The third kappa shape index (κ3) is 3.60. The quantitative estimate of drug-likeness (QED) is 0.537. The van der Waals surface area contributed by atoms with E-state index in [1.54, 1.807) is 0 Å². The summed E-state index contributed by atoms with van der Waals surface area (Å²) in [7, 11) is 0. The summed E-state index contributed by atoms with van der Waals surface area (Å²) in [5.41, 5.74) is 0. The van der Waals surface area contributed by atoms with Crippen LogP contribution in [0, 0.1) is 5.92 Å². The standard InChI is InChI=1S/C11H19/c1-2-3-5-8-11-9-6-4-7-10-11/h2-3H,4-10H2,1H3/b3-2+. The molecule has 0 heteroatoms. The first-order valence-corrected chi connectivity index (χ1v) is 4.88. The van der Waals surface area contributed by atoms with Crippen LogP contribution in [0.1, 0.15) is 51.9 Å². The maximum absolute atomic E-state index is 2.28. The van der Waals surface area contributed by atoms with Crippen molar-refractivity contribution in [2.24, 2.45) is 0 Å². The molecule has 0 aromatic heterocycles. The fourth-order valence-corrected chi connectivity index (χ4v) is 1.76. The lowest BCUT2D eigenvalue weighted by Gasteiger charge is -2.19. The van der Waals surface area contributed by atoms with Crippen molar-refractivity contribution in [2.45, 2.75) is 51.9 Å². The van der Waals surface area contributed by atoms with Crippen LogP contribution in [0.5, 0.6) is 0 Å². The highest BCUT2D eigenvalue weighted by Crippen LogP contribution is 2.29. The Labute approximate surface area is 70.7 Å². The molecule has 1 fully saturated rings. The topological polar surface area (TPSA) is 0 Å². The van der Waals surface area contributed by atoms with E-state index >= 15 is 0 Å².